The van der Waals surface area contributed by atoms with Crippen LogP contribution in [0.15, 0.2) is 59.6 Å². The summed E-state index contributed by atoms with van der Waals surface area (Å²) < 4.78 is 41.4. The molecule has 0 saturated carbocycles. The maximum absolute atomic E-state index is 13.2. The molecule has 0 radical (unpaired) electrons. The van der Waals surface area contributed by atoms with Crippen LogP contribution in [0.1, 0.15) is 45.1 Å². The van der Waals surface area contributed by atoms with Crippen molar-refractivity contribution in [1.82, 2.24) is 9.47 Å². The number of para-hydroxylation sites is 1. The van der Waals surface area contributed by atoms with Crippen LogP contribution in [0, 0.1) is 5.82 Å². The molecule has 3 aromatic rings. The zero-order valence-corrected chi connectivity index (χ0v) is 19.6. The van der Waals surface area contributed by atoms with Crippen LogP contribution >= 0.6 is 0 Å². The average molecular weight is 459 g/mol. The van der Waals surface area contributed by atoms with E-state index < -0.39 is 15.7 Å². The third-order valence-electron chi connectivity index (χ3n) is 5.58. The average Bonchev–Trinajstić information content (AvgIpc) is 3.15. The van der Waals surface area contributed by atoms with E-state index in [9.17, 15) is 17.6 Å². The molecule has 32 heavy (non-hydrogen) atoms. The Morgan fingerprint density at radius 1 is 0.969 bits per heavy atom. The van der Waals surface area contributed by atoms with Crippen molar-refractivity contribution in [1.29, 1.82) is 0 Å². The number of carbonyl (C=O) groups excluding carboxylic acids is 1. The number of halogens is 1. The standard InChI is InChI=1S/C25H31FN2O3S/c1-3-5-15-27(16-6-4-2)25(29)18-28-17-24(22-9-7-8-10-23(22)28)32(30,31)19-20-11-13-21(26)14-12-20/h7-14,17H,3-6,15-16,18-19H2,1-2H3. The second-order valence-corrected chi connectivity index (χ2v) is 10.1. The van der Waals surface area contributed by atoms with Crippen molar-refractivity contribution in [3.05, 3.63) is 66.1 Å². The Kier molecular flexibility index (Phi) is 8.07. The van der Waals surface area contributed by atoms with Crippen LogP contribution in [-0.2, 0) is 26.9 Å². The van der Waals surface area contributed by atoms with Crippen LogP contribution in [0.3, 0.4) is 0 Å². The lowest BCUT2D eigenvalue weighted by atomic mass is 10.2. The van der Waals surface area contributed by atoms with Gasteiger partial charge >= 0.3 is 0 Å². The van der Waals surface area contributed by atoms with E-state index in [0.29, 0.717) is 29.6 Å². The van der Waals surface area contributed by atoms with Crippen LogP contribution in [-0.4, -0.2) is 36.9 Å². The summed E-state index contributed by atoms with van der Waals surface area (Å²) in [6, 6.07) is 12.7. The van der Waals surface area contributed by atoms with Gasteiger partial charge in [-0.3, -0.25) is 4.79 Å². The Hall–Kier alpha value is -2.67. The molecule has 5 nitrogen and oxygen atoms in total. The first-order valence-electron chi connectivity index (χ1n) is 11.2. The quantitative estimate of drug-likeness (QED) is 0.398. The number of unbranched alkanes of at least 4 members (excludes halogenated alkanes) is 2. The molecule has 0 aliphatic carbocycles. The topological polar surface area (TPSA) is 59.4 Å². The lowest BCUT2D eigenvalue weighted by molar-refractivity contribution is -0.131. The molecule has 0 fully saturated rings. The third-order valence-corrected chi connectivity index (χ3v) is 7.29. The highest BCUT2D eigenvalue weighted by Crippen LogP contribution is 2.28. The van der Waals surface area contributed by atoms with Gasteiger partial charge in [-0.1, -0.05) is 57.0 Å². The second-order valence-electron chi connectivity index (χ2n) is 8.11. The molecule has 1 amide bonds. The summed E-state index contributed by atoms with van der Waals surface area (Å²) in [7, 11) is -3.68. The van der Waals surface area contributed by atoms with Gasteiger partial charge in [-0.2, -0.15) is 0 Å². The minimum absolute atomic E-state index is 0.00450. The summed E-state index contributed by atoms with van der Waals surface area (Å²) in [5.41, 5.74) is 1.23. The number of aromatic nitrogens is 1. The van der Waals surface area contributed by atoms with E-state index in [-0.39, 0.29) is 23.1 Å². The number of hydrogen-bond donors (Lipinski definition) is 0. The lowest BCUT2D eigenvalue weighted by Crippen LogP contribution is -2.35. The molecular weight excluding hydrogens is 427 g/mol. The molecule has 3 rings (SSSR count). The Labute approximate surface area is 189 Å². The summed E-state index contributed by atoms with van der Waals surface area (Å²) in [6.07, 6.45) is 5.47. The summed E-state index contributed by atoms with van der Waals surface area (Å²) in [6.45, 7) is 5.72. The van der Waals surface area contributed by atoms with Crippen molar-refractivity contribution in [2.24, 2.45) is 0 Å². The second kappa shape index (κ2) is 10.8. The Bertz CT molecular complexity index is 1150. The number of amides is 1. The van der Waals surface area contributed by atoms with Crippen molar-refractivity contribution >= 4 is 26.6 Å². The number of sulfone groups is 1. The van der Waals surface area contributed by atoms with Gasteiger partial charge in [0.1, 0.15) is 12.4 Å². The molecule has 2 aromatic carbocycles. The largest absolute Gasteiger partial charge is 0.341 e. The van der Waals surface area contributed by atoms with Gasteiger partial charge in [0, 0.05) is 30.2 Å². The number of carbonyl (C=O) groups is 1. The first kappa shape index (κ1) is 24.0. The van der Waals surface area contributed by atoms with Gasteiger partial charge in [-0.25, -0.2) is 12.8 Å². The lowest BCUT2D eigenvalue weighted by Gasteiger charge is -2.23. The van der Waals surface area contributed by atoms with E-state index in [2.05, 4.69) is 13.8 Å². The van der Waals surface area contributed by atoms with Crippen LogP contribution in [0.2, 0.25) is 0 Å². The monoisotopic (exact) mass is 458 g/mol. The number of hydrogen-bond acceptors (Lipinski definition) is 3. The van der Waals surface area contributed by atoms with Gasteiger partial charge in [0.15, 0.2) is 9.84 Å². The van der Waals surface area contributed by atoms with Crippen molar-refractivity contribution in [2.45, 2.75) is 56.7 Å². The van der Waals surface area contributed by atoms with Crippen molar-refractivity contribution in [3.63, 3.8) is 0 Å². The molecule has 1 aromatic heterocycles. The molecular formula is C25H31FN2O3S. The molecule has 0 N–H and O–H groups in total. The third kappa shape index (κ3) is 5.76. The summed E-state index contributed by atoms with van der Waals surface area (Å²) in [5.74, 6) is -0.638. The molecule has 0 atom stereocenters. The van der Waals surface area contributed by atoms with Gasteiger partial charge in [0.2, 0.25) is 5.91 Å². The highest BCUT2D eigenvalue weighted by Gasteiger charge is 2.23. The minimum Gasteiger partial charge on any atom is -0.341 e. The summed E-state index contributed by atoms with van der Waals surface area (Å²) in [4.78, 5) is 15.1. The van der Waals surface area contributed by atoms with Crippen molar-refractivity contribution < 1.29 is 17.6 Å². The van der Waals surface area contributed by atoms with Crippen LogP contribution in [0.4, 0.5) is 4.39 Å². The normalized spacial score (nSPS) is 11.7. The fraction of sp³-hybridized carbons (Fsp3) is 0.400. The van der Waals surface area contributed by atoms with E-state index in [1.165, 1.54) is 24.3 Å². The summed E-state index contributed by atoms with van der Waals surface area (Å²) in [5, 5.41) is 0.594. The zero-order chi connectivity index (χ0) is 23.1. The molecule has 0 unspecified atom stereocenters. The van der Waals surface area contributed by atoms with E-state index in [4.69, 9.17) is 0 Å². The van der Waals surface area contributed by atoms with Gasteiger partial charge in [-0.05, 0) is 36.6 Å². The van der Waals surface area contributed by atoms with Gasteiger partial charge in [0.25, 0.3) is 0 Å². The highest BCUT2D eigenvalue weighted by molar-refractivity contribution is 7.90. The van der Waals surface area contributed by atoms with Gasteiger partial charge in [0.05, 0.1) is 10.6 Å². The van der Waals surface area contributed by atoms with E-state index in [0.717, 1.165) is 25.7 Å². The summed E-state index contributed by atoms with van der Waals surface area (Å²) >= 11 is 0. The van der Waals surface area contributed by atoms with Crippen LogP contribution in [0.5, 0.6) is 0 Å². The molecule has 0 spiro atoms. The molecule has 172 valence electrons. The molecule has 1 heterocycles. The number of fused-ring (bicyclic) bond motifs is 1. The van der Waals surface area contributed by atoms with Crippen molar-refractivity contribution in [3.8, 4) is 0 Å². The van der Waals surface area contributed by atoms with E-state index >= 15 is 0 Å². The zero-order valence-electron chi connectivity index (χ0n) is 18.8. The Morgan fingerprint density at radius 3 is 2.22 bits per heavy atom. The molecule has 0 aliphatic heterocycles. The fourth-order valence-corrected chi connectivity index (χ4v) is 5.36. The molecule has 0 saturated heterocycles. The van der Waals surface area contributed by atoms with Crippen LogP contribution in [0.25, 0.3) is 10.9 Å². The first-order valence-corrected chi connectivity index (χ1v) is 12.8. The maximum atomic E-state index is 13.2. The predicted octanol–water partition coefficient (Wildman–Crippen LogP) is 5.18. The first-order chi connectivity index (χ1) is 15.4. The maximum Gasteiger partial charge on any atom is 0.242 e. The van der Waals surface area contributed by atoms with E-state index in [1.54, 1.807) is 22.9 Å². The van der Waals surface area contributed by atoms with Crippen LogP contribution < -0.4 is 0 Å². The number of rotatable bonds is 11. The highest BCUT2D eigenvalue weighted by atomic mass is 32.2. The Morgan fingerprint density at radius 2 is 1.59 bits per heavy atom. The van der Waals surface area contributed by atoms with Gasteiger partial charge < -0.3 is 9.47 Å². The molecule has 7 heteroatoms. The smallest absolute Gasteiger partial charge is 0.242 e. The molecule has 0 aliphatic rings. The fourth-order valence-electron chi connectivity index (χ4n) is 3.77. The number of benzene rings is 2. The number of nitrogens with zero attached hydrogens (tertiary/aromatic N) is 2. The van der Waals surface area contributed by atoms with Crippen molar-refractivity contribution in [2.75, 3.05) is 13.1 Å². The molecule has 0 bridgehead atoms. The SMILES string of the molecule is CCCCN(CCCC)C(=O)Cn1cc(S(=O)(=O)Cc2ccc(F)cc2)c2ccccc21. The minimum atomic E-state index is -3.68. The predicted molar refractivity (Wildman–Crippen MR) is 126 cm³/mol. The van der Waals surface area contributed by atoms with E-state index in [1.807, 2.05) is 17.0 Å². The van der Waals surface area contributed by atoms with Gasteiger partial charge in [-0.15, -0.1) is 0 Å². The Balaban J connectivity index is 1.91.